The molecular weight excluding hydrogens is 597 g/mol. The van der Waals surface area contributed by atoms with Crippen LogP contribution in [0.1, 0.15) is 29.1 Å². The van der Waals surface area contributed by atoms with Gasteiger partial charge in [-0.05, 0) is 46.7 Å². The van der Waals surface area contributed by atoms with Gasteiger partial charge in [-0.1, -0.05) is 11.6 Å². The van der Waals surface area contributed by atoms with Crippen LogP contribution in [0.15, 0.2) is 29.2 Å². The number of ether oxygens (including phenoxy) is 1. The SMILES string of the molecule is O=c1c(Cl)c(N2CCc3c(nc(CO)nc3Oc3ccc(F)cc3C(F)F)C2)cnn1PI. The highest BCUT2D eigenvalue weighted by molar-refractivity contribution is 14.2. The Bertz CT molecular complexity index is 1270. The highest BCUT2D eigenvalue weighted by atomic mass is 127. The lowest BCUT2D eigenvalue weighted by molar-refractivity contribution is 0.147. The Labute approximate surface area is 205 Å². The number of nitrogens with zero attached hydrogens (tertiary/aromatic N) is 5. The topological polar surface area (TPSA) is 93.4 Å². The van der Waals surface area contributed by atoms with Gasteiger partial charge >= 0.3 is 0 Å². The van der Waals surface area contributed by atoms with E-state index in [4.69, 9.17) is 16.3 Å². The summed E-state index contributed by atoms with van der Waals surface area (Å²) in [7, 11) is 0. The van der Waals surface area contributed by atoms with Crippen molar-refractivity contribution in [1.82, 2.24) is 19.5 Å². The zero-order valence-electron chi connectivity index (χ0n) is 16.6. The number of alkyl halides is 2. The van der Waals surface area contributed by atoms with E-state index in [2.05, 4.69) is 15.1 Å². The summed E-state index contributed by atoms with van der Waals surface area (Å²) in [5.41, 5.74) is 0.445. The van der Waals surface area contributed by atoms with Gasteiger partial charge in [0.15, 0.2) is 5.82 Å². The van der Waals surface area contributed by atoms with Crippen molar-refractivity contribution < 1.29 is 23.0 Å². The summed E-state index contributed by atoms with van der Waals surface area (Å²) in [4.78, 5) is 22.6. The first-order chi connectivity index (χ1) is 15.8. The van der Waals surface area contributed by atoms with E-state index in [0.717, 1.165) is 12.1 Å². The molecular formula is C19H15ClF3IN5O3P. The Morgan fingerprint density at radius 1 is 1.33 bits per heavy atom. The van der Waals surface area contributed by atoms with Crippen LogP contribution in [0.5, 0.6) is 11.6 Å². The maximum absolute atomic E-state index is 13.5. The van der Waals surface area contributed by atoms with Gasteiger partial charge in [0.2, 0.25) is 5.88 Å². The number of aliphatic hydroxyl groups is 1. The van der Waals surface area contributed by atoms with E-state index in [9.17, 15) is 23.1 Å². The number of hydrogen-bond acceptors (Lipinski definition) is 7. The first kappa shape index (κ1) is 24.1. The molecule has 0 amide bonds. The van der Waals surface area contributed by atoms with Crippen LogP contribution >= 0.6 is 40.0 Å². The third kappa shape index (κ3) is 4.93. The third-order valence-electron chi connectivity index (χ3n) is 4.95. The molecule has 0 saturated heterocycles. The van der Waals surface area contributed by atoms with Gasteiger partial charge in [-0.25, -0.2) is 22.6 Å². The monoisotopic (exact) mass is 611 g/mol. The molecule has 2 aromatic heterocycles. The molecule has 174 valence electrons. The van der Waals surface area contributed by atoms with Crippen LogP contribution in [-0.4, -0.2) is 31.2 Å². The van der Waals surface area contributed by atoms with E-state index in [-0.39, 0.29) is 35.4 Å². The minimum atomic E-state index is -2.96. The van der Waals surface area contributed by atoms with Crippen LogP contribution in [-0.2, 0) is 19.6 Å². The molecule has 1 aromatic carbocycles. The molecule has 8 nitrogen and oxygen atoms in total. The van der Waals surface area contributed by atoms with E-state index in [1.54, 1.807) is 4.90 Å². The average Bonchev–Trinajstić information content (AvgIpc) is 2.81. The second-order valence-electron chi connectivity index (χ2n) is 6.93. The van der Waals surface area contributed by atoms with Crippen LogP contribution < -0.4 is 15.2 Å². The Morgan fingerprint density at radius 3 is 2.82 bits per heavy atom. The summed E-state index contributed by atoms with van der Waals surface area (Å²) < 4.78 is 47.1. The molecule has 1 atom stereocenters. The number of rotatable bonds is 6. The molecule has 0 bridgehead atoms. The molecule has 1 aliphatic heterocycles. The van der Waals surface area contributed by atoms with Crippen molar-refractivity contribution in [1.29, 1.82) is 0 Å². The van der Waals surface area contributed by atoms with Crippen molar-refractivity contribution in [2.75, 3.05) is 11.4 Å². The number of benzene rings is 1. The van der Waals surface area contributed by atoms with Crippen molar-refractivity contribution in [3.63, 3.8) is 0 Å². The Hall–Kier alpha value is -2.02. The fourth-order valence-corrected chi connectivity index (χ4v) is 5.04. The first-order valence-electron chi connectivity index (χ1n) is 9.46. The fourth-order valence-electron chi connectivity index (χ4n) is 3.40. The predicted octanol–water partition coefficient (Wildman–Crippen LogP) is 4.40. The van der Waals surface area contributed by atoms with Gasteiger partial charge in [0.05, 0.1) is 36.1 Å². The van der Waals surface area contributed by atoms with E-state index in [1.807, 2.05) is 22.0 Å². The minimum Gasteiger partial charge on any atom is -0.438 e. The number of fused-ring (bicyclic) bond motifs is 1. The summed E-state index contributed by atoms with van der Waals surface area (Å²) in [6.07, 6.45) is -1.02. The summed E-state index contributed by atoms with van der Waals surface area (Å²) >= 11 is 8.31. The van der Waals surface area contributed by atoms with Gasteiger partial charge in [-0.2, -0.15) is 10.1 Å². The maximum Gasteiger partial charge on any atom is 0.291 e. The maximum atomic E-state index is 13.5. The second kappa shape index (κ2) is 10.1. The van der Waals surface area contributed by atoms with Gasteiger partial charge in [-0.3, -0.25) is 4.79 Å². The first-order valence-corrected chi connectivity index (χ1v) is 13.9. The predicted molar refractivity (Wildman–Crippen MR) is 125 cm³/mol. The summed E-state index contributed by atoms with van der Waals surface area (Å²) in [6, 6.07) is 2.82. The molecule has 0 spiro atoms. The van der Waals surface area contributed by atoms with Crippen LogP contribution in [0.4, 0.5) is 18.9 Å². The van der Waals surface area contributed by atoms with Crippen molar-refractivity contribution in [2.45, 2.75) is 26.0 Å². The standard InChI is InChI=1S/C19H15ClF3IN5O3P/c20-16-13(6-25-29(33-24)19(16)31)28-4-3-10-12(7-28)26-15(8-30)27-18(10)32-14-2-1-9(21)5-11(14)17(22)23/h1-2,5-6,17,30,33H,3-4,7-8H2. The Kier molecular flexibility index (Phi) is 7.37. The lowest BCUT2D eigenvalue weighted by atomic mass is 10.1. The van der Waals surface area contributed by atoms with Crippen LogP contribution in [0.3, 0.4) is 0 Å². The molecule has 0 aliphatic carbocycles. The van der Waals surface area contributed by atoms with Crippen molar-refractivity contribution in [3.8, 4) is 11.6 Å². The molecule has 3 heterocycles. The van der Waals surface area contributed by atoms with E-state index >= 15 is 0 Å². The third-order valence-corrected chi connectivity index (χ3v) is 7.15. The number of halogens is 5. The largest absolute Gasteiger partial charge is 0.438 e. The minimum absolute atomic E-state index is 0.00274. The van der Waals surface area contributed by atoms with Gasteiger partial charge in [0.1, 0.15) is 23.2 Å². The molecule has 0 radical (unpaired) electrons. The number of hydrogen-bond donors (Lipinski definition) is 1. The average molecular weight is 612 g/mol. The number of aliphatic hydroxyl groups excluding tert-OH is 1. The molecule has 33 heavy (non-hydrogen) atoms. The van der Waals surface area contributed by atoms with Crippen LogP contribution in [0.25, 0.3) is 0 Å². The van der Waals surface area contributed by atoms with Gasteiger partial charge in [-0.15, -0.1) is 0 Å². The molecule has 1 N–H and O–H groups in total. The summed E-state index contributed by atoms with van der Waals surface area (Å²) in [6.45, 7) is 0.0844. The van der Waals surface area contributed by atoms with Gasteiger partial charge in [0.25, 0.3) is 12.0 Å². The van der Waals surface area contributed by atoms with Gasteiger partial charge < -0.3 is 14.7 Å². The summed E-state index contributed by atoms with van der Waals surface area (Å²) in [5.74, 6) is -1.03. The molecule has 1 unspecified atom stereocenters. The van der Waals surface area contributed by atoms with E-state index < -0.39 is 30.0 Å². The molecule has 14 heteroatoms. The highest BCUT2D eigenvalue weighted by Gasteiger charge is 2.27. The normalized spacial score (nSPS) is 13.7. The molecule has 3 aromatic rings. The zero-order chi connectivity index (χ0) is 23.7. The Morgan fingerprint density at radius 2 is 2.12 bits per heavy atom. The quantitative estimate of drug-likeness (QED) is 0.326. The molecule has 1 aliphatic rings. The van der Waals surface area contributed by atoms with Crippen molar-refractivity contribution in [3.05, 3.63) is 68.2 Å². The zero-order valence-corrected chi connectivity index (χ0v) is 20.5. The summed E-state index contributed by atoms with van der Waals surface area (Å²) in [5, 5.41) is 13.7. The van der Waals surface area contributed by atoms with Gasteiger partial charge in [0, 0.05) is 12.1 Å². The second-order valence-corrected chi connectivity index (χ2v) is 9.35. The lowest BCUT2D eigenvalue weighted by Crippen LogP contribution is -2.34. The van der Waals surface area contributed by atoms with Crippen molar-refractivity contribution >= 4 is 45.7 Å². The molecule has 0 saturated carbocycles. The van der Waals surface area contributed by atoms with Crippen molar-refractivity contribution in [2.24, 2.45) is 0 Å². The highest BCUT2D eigenvalue weighted by Crippen LogP contribution is 2.36. The molecule has 4 rings (SSSR count). The lowest BCUT2D eigenvalue weighted by Gasteiger charge is -2.31. The fraction of sp³-hybridized carbons (Fsp3) is 0.263. The smallest absolute Gasteiger partial charge is 0.291 e. The van der Waals surface area contributed by atoms with Crippen LogP contribution in [0, 0.1) is 5.82 Å². The number of aromatic nitrogens is 4. The molecule has 0 fully saturated rings. The Balaban J connectivity index is 1.71. The van der Waals surface area contributed by atoms with Crippen LogP contribution in [0.2, 0.25) is 5.02 Å². The van der Waals surface area contributed by atoms with E-state index in [0.29, 0.717) is 36.0 Å². The number of anilines is 1. The van der Waals surface area contributed by atoms with E-state index in [1.165, 1.54) is 10.6 Å².